The average molecular weight is 354 g/mol. The first kappa shape index (κ1) is 17.9. The fourth-order valence-corrected chi connectivity index (χ4v) is 2.63. The molecule has 1 aliphatic rings. The lowest BCUT2D eigenvalue weighted by atomic mass is 10.1. The van der Waals surface area contributed by atoms with Crippen molar-refractivity contribution in [3.63, 3.8) is 0 Å². The van der Waals surface area contributed by atoms with Gasteiger partial charge in [-0.3, -0.25) is 4.98 Å². The molecule has 0 spiro atoms. The maximum Gasteiger partial charge on any atom is 0.350 e. The van der Waals surface area contributed by atoms with Crippen molar-refractivity contribution in [1.29, 1.82) is 0 Å². The van der Waals surface area contributed by atoms with Crippen LogP contribution in [0, 0.1) is 0 Å². The van der Waals surface area contributed by atoms with Crippen LogP contribution in [0.4, 0.5) is 0 Å². The van der Waals surface area contributed by atoms with Crippen LogP contribution in [0.3, 0.4) is 0 Å². The van der Waals surface area contributed by atoms with E-state index in [-0.39, 0.29) is 0 Å². The topological polar surface area (TPSA) is 70.0 Å². The first-order valence-electron chi connectivity index (χ1n) is 8.67. The van der Waals surface area contributed by atoms with Gasteiger partial charge in [0.25, 0.3) is 0 Å². The number of ether oxygens (including phenoxy) is 2. The highest BCUT2D eigenvalue weighted by molar-refractivity contribution is 6.03. The lowest BCUT2D eigenvalue weighted by molar-refractivity contribution is -0.152. The molecule has 26 heavy (non-hydrogen) atoms. The molecular formula is C20H22N2O4. The molecule has 0 bridgehead atoms. The van der Waals surface area contributed by atoms with Crippen molar-refractivity contribution in [2.24, 2.45) is 5.16 Å². The van der Waals surface area contributed by atoms with E-state index in [4.69, 9.17) is 9.57 Å². The highest BCUT2D eigenvalue weighted by Crippen LogP contribution is 2.20. The van der Waals surface area contributed by atoms with Crippen molar-refractivity contribution < 1.29 is 19.1 Å². The molecule has 0 aliphatic carbocycles. The number of pyridine rings is 1. The summed E-state index contributed by atoms with van der Waals surface area (Å²) in [4.78, 5) is 21.0. The van der Waals surface area contributed by atoms with E-state index in [1.165, 1.54) is 12.7 Å². The number of carbonyl (C=O) groups is 1. The average Bonchev–Trinajstić information content (AvgIpc) is 3.19. The molecule has 0 amide bonds. The molecule has 1 atom stereocenters. The Bertz CT molecular complexity index is 769. The van der Waals surface area contributed by atoms with Gasteiger partial charge in [-0.2, -0.15) is 0 Å². The molecule has 3 rings (SSSR count). The first-order valence-corrected chi connectivity index (χ1v) is 8.67. The molecule has 6 nitrogen and oxygen atoms in total. The quantitative estimate of drug-likeness (QED) is 0.715. The largest absolute Gasteiger partial charge is 0.493 e. The smallest absolute Gasteiger partial charge is 0.350 e. The van der Waals surface area contributed by atoms with E-state index in [1.54, 1.807) is 0 Å². The molecular weight excluding hydrogens is 332 g/mol. The number of benzene rings is 1. The Balaban J connectivity index is 1.49. The highest BCUT2D eigenvalue weighted by atomic mass is 16.7. The van der Waals surface area contributed by atoms with Gasteiger partial charge in [0.2, 0.25) is 6.10 Å². The van der Waals surface area contributed by atoms with Crippen molar-refractivity contribution in [1.82, 2.24) is 4.98 Å². The van der Waals surface area contributed by atoms with Crippen molar-refractivity contribution in [2.75, 3.05) is 13.7 Å². The minimum atomic E-state index is -0.655. The number of oxime groups is 1. The molecule has 1 aromatic carbocycles. The van der Waals surface area contributed by atoms with E-state index in [1.807, 2.05) is 36.5 Å². The van der Waals surface area contributed by atoms with E-state index < -0.39 is 12.1 Å². The number of hydrogen-bond acceptors (Lipinski definition) is 6. The molecule has 1 aromatic heterocycles. The van der Waals surface area contributed by atoms with Crippen LogP contribution in [0.5, 0.6) is 5.75 Å². The lowest BCUT2D eigenvalue weighted by Crippen LogP contribution is -2.22. The van der Waals surface area contributed by atoms with Gasteiger partial charge in [-0.25, -0.2) is 4.79 Å². The normalized spacial score (nSPS) is 15.9. The second kappa shape index (κ2) is 8.47. The number of hydrogen-bond donors (Lipinski definition) is 0. The molecule has 1 unspecified atom stereocenters. The summed E-state index contributed by atoms with van der Waals surface area (Å²) in [6.07, 6.45) is 3.42. The minimum absolute atomic E-state index is 0.409. The van der Waals surface area contributed by atoms with Crippen molar-refractivity contribution >= 4 is 11.7 Å². The summed E-state index contributed by atoms with van der Waals surface area (Å²) >= 11 is 0. The molecule has 0 fully saturated rings. The Hall–Kier alpha value is -2.89. The van der Waals surface area contributed by atoms with Crippen molar-refractivity contribution in [3.05, 3.63) is 59.4 Å². The number of aromatic nitrogens is 1. The fourth-order valence-electron chi connectivity index (χ4n) is 2.63. The third-order valence-corrected chi connectivity index (χ3v) is 4.24. The van der Waals surface area contributed by atoms with Crippen LogP contribution in [0.1, 0.15) is 30.2 Å². The summed E-state index contributed by atoms with van der Waals surface area (Å²) in [5, 5.41) is 3.97. The van der Waals surface area contributed by atoms with Gasteiger partial charge in [0.15, 0.2) is 0 Å². The first-order chi connectivity index (χ1) is 12.7. The number of aryl methyl sites for hydroxylation is 1. The Morgan fingerprint density at radius 3 is 2.69 bits per heavy atom. The van der Waals surface area contributed by atoms with Crippen LogP contribution in [-0.2, 0) is 27.2 Å². The summed E-state index contributed by atoms with van der Waals surface area (Å²) < 4.78 is 10.4. The SMILES string of the molecule is CCc1ccc(CCOc2ccc(C3=NOC(C(=O)OC)C3)cc2)nc1. The van der Waals surface area contributed by atoms with Gasteiger partial charge in [-0.05, 0) is 47.9 Å². The zero-order valence-corrected chi connectivity index (χ0v) is 15.0. The fraction of sp³-hybridized carbons (Fsp3) is 0.350. The number of esters is 1. The van der Waals surface area contributed by atoms with E-state index in [9.17, 15) is 4.79 Å². The Morgan fingerprint density at radius 1 is 1.23 bits per heavy atom. The van der Waals surface area contributed by atoms with E-state index in [2.05, 4.69) is 27.9 Å². The molecule has 1 aliphatic heterocycles. The van der Waals surface area contributed by atoms with Crippen molar-refractivity contribution in [2.45, 2.75) is 32.3 Å². The van der Waals surface area contributed by atoms with E-state index in [0.29, 0.717) is 13.0 Å². The monoisotopic (exact) mass is 354 g/mol. The number of nitrogens with zero attached hydrogens (tertiary/aromatic N) is 2. The lowest BCUT2D eigenvalue weighted by Gasteiger charge is -2.07. The predicted molar refractivity (Wildman–Crippen MR) is 97.3 cm³/mol. The zero-order chi connectivity index (χ0) is 18.4. The van der Waals surface area contributed by atoms with Crippen LogP contribution < -0.4 is 4.74 Å². The molecule has 2 heterocycles. The van der Waals surface area contributed by atoms with E-state index >= 15 is 0 Å². The summed E-state index contributed by atoms with van der Waals surface area (Å²) in [6.45, 7) is 2.68. The molecule has 136 valence electrons. The third kappa shape index (κ3) is 4.39. The maximum atomic E-state index is 11.5. The van der Waals surface area contributed by atoms with Gasteiger partial charge in [0, 0.05) is 24.7 Å². The van der Waals surface area contributed by atoms with Gasteiger partial charge in [-0.1, -0.05) is 18.1 Å². The maximum absolute atomic E-state index is 11.5. The second-order valence-electron chi connectivity index (χ2n) is 5.99. The molecule has 0 radical (unpaired) electrons. The van der Waals surface area contributed by atoms with Gasteiger partial charge in [0.1, 0.15) is 5.75 Å². The van der Waals surface area contributed by atoms with Gasteiger partial charge in [0.05, 0.1) is 19.4 Å². The van der Waals surface area contributed by atoms with Gasteiger partial charge >= 0.3 is 5.97 Å². The van der Waals surface area contributed by atoms with Gasteiger partial charge in [-0.15, -0.1) is 0 Å². The number of methoxy groups -OCH3 is 1. The number of carbonyl (C=O) groups excluding carboxylic acids is 1. The van der Waals surface area contributed by atoms with Crippen LogP contribution in [-0.4, -0.2) is 36.5 Å². The highest BCUT2D eigenvalue weighted by Gasteiger charge is 2.29. The molecule has 0 saturated heterocycles. The number of rotatable bonds is 7. The summed E-state index contributed by atoms with van der Waals surface area (Å²) in [5.74, 6) is 0.368. The summed E-state index contributed by atoms with van der Waals surface area (Å²) in [5.41, 5.74) is 3.89. The standard InChI is InChI=1S/C20H22N2O4/c1-3-14-4-7-16(21-13-14)10-11-25-17-8-5-15(6-9-17)18-12-19(26-22-18)20(23)24-2/h4-9,13,19H,3,10-12H2,1-2H3. The summed E-state index contributed by atoms with van der Waals surface area (Å²) in [7, 11) is 1.34. The Kier molecular flexibility index (Phi) is 5.84. The second-order valence-corrected chi connectivity index (χ2v) is 5.99. The predicted octanol–water partition coefficient (Wildman–Crippen LogP) is 2.93. The van der Waals surface area contributed by atoms with Crippen LogP contribution in [0.2, 0.25) is 0 Å². The Labute approximate surface area is 152 Å². The molecule has 0 saturated carbocycles. The Morgan fingerprint density at radius 2 is 2.04 bits per heavy atom. The van der Waals surface area contributed by atoms with Crippen LogP contribution in [0.15, 0.2) is 47.8 Å². The van der Waals surface area contributed by atoms with Crippen molar-refractivity contribution in [3.8, 4) is 5.75 Å². The van der Waals surface area contributed by atoms with Gasteiger partial charge < -0.3 is 14.3 Å². The molecule has 0 N–H and O–H groups in total. The molecule has 6 heteroatoms. The van der Waals surface area contributed by atoms with Crippen LogP contribution >= 0.6 is 0 Å². The van der Waals surface area contributed by atoms with E-state index in [0.717, 1.165) is 35.6 Å². The van der Waals surface area contributed by atoms with Crippen LogP contribution in [0.25, 0.3) is 0 Å². The molecule has 2 aromatic rings. The zero-order valence-electron chi connectivity index (χ0n) is 15.0. The minimum Gasteiger partial charge on any atom is -0.493 e. The third-order valence-electron chi connectivity index (χ3n) is 4.24. The summed E-state index contributed by atoms with van der Waals surface area (Å²) in [6, 6.07) is 11.7.